The molecule has 1 atom stereocenters. The third kappa shape index (κ3) is 6.75. The Balaban J connectivity index is 0.000000211. The zero-order valence-corrected chi connectivity index (χ0v) is 13.7. The lowest BCUT2D eigenvalue weighted by molar-refractivity contribution is 0.357. The molecule has 1 aromatic rings. The average Bonchev–Trinajstić information content (AvgIpc) is 2.86. The molecule has 21 heavy (non-hydrogen) atoms. The van der Waals surface area contributed by atoms with Crippen LogP contribution in [0.5, 0.6) is 0 Å². The van der Waals surface area contributed by atoms with Crippen molar-refractivity contribution in [2.45, 2.75) is 18.3 Å². The number of anilines is 2. The third-order valence-corrected chi connectivity index (χ3v) is 3.91. The Kier molecular flexibility index (Phi) is 8.04. The third-order valence-electron chi connectivity index (χ3n) is 3.08. The highest BCUT2D eigenvalue weighted by Crippen LogP contribution is 2.20. The van der Waals surface area contributed by atoms with Gasteiger partial charge in [-0.25, -0.2) is 0 Å². The summed E-state index contributed by atoms with van der Waals surface area (Å²) >= 11 is 1.66. The Morgan fingerprint density at radius 3 is 2.33 bits per heavy atom. The smallest absolute Gasteiger partial charge is 0.129 e. The molecule has 1 aliphatic rings. The van der Waals surface area contributed by atoms with Gasteiger partial charge in [0.2, 0.25) is 0 Å². The number of nitrogens with two attached hydrogens (primary N) is 3. The van der Waals surface area contributed by atoms with Crippen LogP contribution >= 0.6 is 11.8 Å². The summed E-state index contributed by atoms with van der Waals surface area (Å²) in [6.07, 6.45) is 4.27. The van der Waals surface area contributed by atoms with Crippen LogP contribution < -0.4 is 22.1 Å². The summed E-state index contributed by atoms with van der Waals surface area (Å²) in [7, 11) is 4.01. The van der Waals surface area contributed by atoms with Gasteiger partial charge in [-0.05, 0) is 49.1 Å². The van der Waals surface area contributed by atoms with E-state index in [1.54, 1.807) is 11.8 Å². The van der Waals surface area contributed by atoms with Crippen LogP contribution in [0.1, 0.15) is 12.8 Å². The van der Waals surface area contributed by atoms with Crippen molar-refractivity contribution in [2.75, 3.05) is 37.8 Å². The van der Waals surface area contributed by atoms with E-state index in [9.17, 15) is 0 Å². The molecule has 5 nitrogen and oxygen atoms in total. The molecule has 1 aliphatic heterocycles. The van der Waals surface area contributed by atoms with Crippen LogP contribution in [0.3, 0.4) is 0 Å². The lowest BCUT2D eigenvalue weighted by Gasteiger charge is -2.20. The van der Waals surface area contributed by atoms with Crippen LogP contribution in [-0.2, 0) is 0 Å². The van der Waals surface area contributed by atoms with Gasteiger partial charge in [-0.15, -0.1) is 0 Å². The fourth-order valence-electron chi connectivity index (χ4n) is 1.77. The molecule has 0 saturated heterocycles. The van der Waals surface area contributed by atoms with Gasteiger partial charge in [-0.1, -0.05) is 11.8 Å². The zero-order valence-electron chi connectivity index (χ0n) is 12.9. The minimum Gasteiger partial charge on any atom is -0.399 e. The summed E-state index contributed by atoms with van der Waals surface area (Å²) in [4.78, 5) is 4.18. The van der Waals surface area contributed by atoms with E-state index in [0.29, 0.717) is 0 Å². The summed E-state index contributed by atoms with van der Waals surface area (Å²) in [6.45, 7) is 1.81. The summed E-state index contributed by atoms with van der Waals surface area (Å²) in [5, 5.41) is 2.03. The van der Waals surface area contributed by atoms with Crippen molar-refractivity contribution in [3.63, 3.8) is 0 Å². The molecule has 0 radical (unpaired) electrons. The van der Waals surface area contributed by atoms with Gasteiger partial charge in [0.1, 0.15) is 5.50 Å². The van der Waals surface area contributed by atoms with Gasteiger partial charge in [0, 0.05) is 38.2 Å². The maximum Gasteiger partial charge on any atom is 0.129 e. The van der Waals surface area contributed by atoms with E-state index in [1.165, 1.54) is 5.69 Å². The largest absolute Gasteiger partial charge is 0.399 e. The predicted octanol–water partition coefficient (Wildman–Crippen LogP) is 1.82. The lowest BCUT2D eigenvalue weighted by Crippen LogP contribution is -2.33. The Morgan fingerprint density at radius 1 is 1.19 bits per heavy atom. The molecule has 1 heterocycles. The van der Waals surface area contributed by atoms with Crippen molar-refractivity contribution in [1.29, 1.82) is 0 Å². The zero-order chi connectivity index (χ0) is 15.7. The SMILES string of the molecule is CN(C)c1ccc(N)cc1.NCCCCN1C=CSC1N. The van der Waals surface area contributed by atoms with Crippen molar-refractivity contribution in [3.05, 3.63) is 35.9 Å². The summed E-state index contributed by atoms with van der Waals surface area (Å²) in [5.41, 5.74) is 18.8. The van der Waals surface area contributed by atoms with Crippen LogP contribution in [0.2, 0.25) is 0 Å². The van der Waals surface area contributed by atoms with E-state index < -0.39 is 0 Å². The molecule has 0 spiro atoms. The topological polar surface area (TPSA) is 84.5 Å². The Hall–Kier alpha value is -1.37. The first-order chi connectivity index (χ1) is 10.0. The minimum atomic E-state index is 0.132. The van der Waals surface area contributed by atoms with E-state index in [4.69, 9.17) is 17.2 Å². The summed E-state index contributed by atoms with van der Waals surface area (Å²) in [6, 6.07) is 7.79. The maximum atomic E-state index is 5.76. The monoisotopic (exact) mass is 309 g/mol. The second-order valence-corrected chi connectivity index (χ2v) is 6.06. The van der Waals surface area contributed by atoms with Crippen LogP contribution in [0.15, 0.2) is 35.9 Å². The van der Waals surface area contributed by atoms with E-state index in [1.807, 2.05) is 54.9 Å². The van der Waals surface area contributed by atoms with E-state index >= 15 is 0 Å². The molecular weight excluding hydrogens is 282 g/mol. The molecule has 0 saturated carbocycles. The standard InChI is InChI=1S/C8H12N2.C7H15N3S/c1-10(2)8-5-3-7(9)4-6-8;8-3-1-2-4-10-5-6-11-7(10)9/h3-6H,9H2,1-2H3;5-7H,1-4,8-9H2. The number of thioether (sulfide) groups is 1. The molecule has 1 aromatic carbocycles. The normalized spacial score (nSPS) is 16.6. The molecule has 1 unspecified atom stereocenters. The summed E-state index contributed by atoms with van der Waals surface area (Å²) in [5.74, 6) is 0. The Bertz CT molecular complexity index is 419. The fraction of sp³-hybridized carbons (Fsp3) is 0.467. The molecule has 2 rings (SSSR count). The fourth-order valence-corrected chi connectivity index (χ4v) is 2.49. The van der Waals surface area contributed by atoms with Gasteiger partial charge in [0.15, 0.2) is 0 Å². The number of nitrogens with zero attached hydrogens (tertiary/aromatic N) is 2. The number of nitrogen functional groups attached to an aromatic ring is 1. The number of hydrogen-bond acceptors (Lipinski definition) is 6. The predicted molar refractivity (Wildman–Crippen MR) is 94.9 cm³/mol. The van der Waals surface area contributed by atoms with Crippen LogP contribution in [-0.4, -0.2) is 37.6 Å². The van der Waals surface area contributed by atoms with Crippen LogP contribution in [0, 0.1) is 0 Å². The lowest BCUT2D eigenvalue weighted by atomic mass is 10.3. The number of hydrogen-bond donors (Lipinski definition) is 3. The van der Waals surface area contributed by atoms with Crippen molar-refractivity contribution in [1.82, 2.24) is 4.90 Å². The summed E-state index contributed by atoms with van der Waals surface area (Å²) < 4.78 is 0. The Labute approximate surface area is 132 Å². The number of rotatable bonds is 5. The maximum absolute atomic E-state index is 5.76. The van der Waals surface area contributed by atoms with Crippen molar-refractivity contribution < 1.29 is 0 Å². The first-order valence-corrected chi connectivity index (χ1v) is 8.05. The van der Waals surface area contributed by atoms with Gasteiger partial charge in [-0.2, -0.15) is 0 Å². The highest BCUT2D eigenvalue weighted by molar-refractivity contribution is 8.02. The van der Waals surface area contributed by atoms with Gasteiger partial charge in [0.05, 0.1) is 0 Å². The molecule has 6 heteroatoms. The van der Waals surface area contributed by atoms with Crippen LogP contribution in [0.25, 0.3) is 0 Å². The van der Waals surface area contributed by atoms with Gasteiger partial charge < -0.3 is 27.0 Å². The van der Waals surface area contributed by atoms with Gasteiger partial charge in [0.25, 0.3) is 0 Å². The second-order valence-electron chi connectivity index (χ2n) is 5.03. The van der Waals surface area contributed by atoms with E-state index in [0.717, 1.165) is 31.6 Å². The number of benzene rings is 1. The average molecular weight is 309 g/mol. The van der Waals surface area contributed by atoms with E-state index in [2.05, 4.69) is 4.90 Å². The van der Waals surface area contributed by atoms with Crippen molar-refractivity contribution in [3.8, 4) is 0 Å². The Morgan fingerprint density at radius 2 is 1.86 bits per heavy atom. The molecule has 0 amide bonds. The molecule has 0 aromatic heterocycles. The highest BCUT2D eigenvalue weighted by atomic mass is 32.2. The van der Waals surface area contributed by atoms with Gasteiger partial charge in [-0.3, -0.25) is 0 Å². The van der Waals surface area contributed by atoms with Crippen LogP contribution in [0.4, 0.5) is 11.4 Å². The first-order valence-electron chi connectivity index (χ1n) is 7.11. The highest BCUT2D eigenvalue weighted by Gasteiger charge is 2.13. The minimum absolute atomic E-state index is 0.132. The molecular formula is C15H27N5S. The molecule has 0 fully saturated rings. The molecule has 0 bridgehead atoms. The molecule has 6 N–H and O–H groups in total. The number of unbranched alkanes of at least 4 members (excludes halogenated alkanes) is 1. The van der Waals surface area contributed by atoms with Gasteiger partial charge >= 0.3 is 0 Å². The molecule has 0 aliphatic carbocycles. The van der Waals surface area contributed by atoms with Crippen molar-refractivity contribution >= 4 is 23.1 Å². The second kappa shape index (κ2) is 9.55. The quantitative estimate of drug-likeness (QED) is 0.568. The van der Waals surface area contributed by atoms with E-state index in [-0.39, 0.29) is 5.50 Å². The first kappa shape index (κ1) is 17.7. The van der Waals surface area contributed by atoms with Crippen molar-refractivity contribution in [2.24, 2.45) is 11.5 Å². The molecule has 118 valence electrons.